The van der Waals surface area contributed by atoms with E-state index in [0.717, 1.165) is 42.8 Å². The lowest BCUT2D eigenvalue weighted by Crippen LogP contribution is -2.49. The molecule has 0 bridgehead atoms. The zero-order valence-electron chi connectivity index (χ0n) is 15.7. The van der Waals surface area contributed by atoms with Gasteiger partial charge in [-0.15, -0.1) is 0 Å². The van der Waals surface area contributed by atoms with Gasteiger partial charge in [0, 0.05) is 19.3 Å². The van der Waals surface area contributed by atoms with E-state index >= 15 is 0 Å². The maximum atomic E-state index is 12.8. The monoisotopic (exact) mass is 357 g/mol. The summed E-state index contributed by atoms with van der Waals surface area (Å²) in [6.07, 6.45) is 2.30. The Bertz CT molecular complexity index is 706. The van der Waals surface area contributed by atoms with Gasteiger partial charge in [0.2, 0.25) is 0 Å². The first-order valence-electron chi connectivity index (χ1n) is 9.24. The highest BCUT2D eigenvalue weighted by Gasteiger charge is 2.37. The molecule has 26 heavy (non-hydrogen) atoms. The summed E-state index contributed by atoms with van der Waals surface area (Å²) in [5.74, 6) is -0.362. The molecule has 1 N–H and O–H groups in total. The molecule has 1 fully saturated rings. The topological polar surface area (TPSA) is 61.9 Å². The van der Waals surface area contributed by atoms with E-state index < -0.39 is 6.04 Å². The number of rotatable bonds is 5. The molecule has 1 unspecified atom stereocenters. The van der Waals surface area contributed by atoms with Crippen molar-refractivity contribution >= 4 is 12.0 Å². The van der Waals surface area contributed by atoms with Crippen LogP contribution < -0.4 is 5.32 Å². The molecule has 1 atom stereocenters. The SMILES string of the molecule is CCOC(=O)C1=C(CN2CCCC2)N(C)C(=O)NC1c1ccc(C)cc1. The Hall–Kier alpha value is -2.34. The number of carbonyl (C=O) groups is 2. The number of amides is 2. The van der Waals surface area contributed by atoms with Crippen LogP contribution in [0.25, 0.3) is 0 Å². The zero-order valence-corrected chi connectivity index (χ0v) is 15.7. The number of hydrogen-bond donors (Lipinski definition) is 1. The van der Waals surface area contributed by atoms with Gasteiger partial charge < -0.3 is 10.1 Å². The van der Waals surface area contributed by atoms with Crippen LogP contribution in [0.1, 0.15) is 36.9 Å². The Morgan fingerprint density at radius 3 is 2.50 bits per heavy atom. The Morgan fingerprint density at radius 2 is 1.88 bits per heavy atom. The Labute approximate surface area is 154 Å². The quantitative estimate of drug-likeness (QED) is 0.823. The van der Waals surface area contributed by atoms with Crippen molar-refractivity contribution in [2.24, 2.45) is 0 Å². The minimum atomic E-state index is -0.490. The molecule has 1 aromatic rings. The minimum absolute atomic E-state index is 0.196. The molecule has 1 saturated heterocycles. The molecule has 2 aliphatic heterocycles. The minimum Gasteiger partial charge on any atom is -0.463 e. The summed E-state index contributed by atoms with van der Waals surface area (Å²) in [6.45, 7) is 6.68. The van der Waals surface area contributed by atoms with Gasteiger partial charge in [0.05, 0.1) is 18.2 Å². The van der Waals surface area contributed by atoms with Crippen LogP contribution in [-0.4, -0.2) is 55.1 Å². The number of likely N-dealkylation sites (N-methyl/N-ethyl adjacent to an activating group) is 1. The molecular formula is C20H27N3O3. The molecule has 3 rings (SSSR count). The van der Waals surface area contributed by atoms with Crippen LogP contribution in [0, 0.1) is 6.92 Å². The fraction of sp³-hybridized carbons (Fsp3) is 0.500. The largest absolute Gasteiger partial charge is 0.463 e. The van der Waals surface area contributed by atoms with Crippen molar-refractivity contribution in [2.45, 2.75) is 32.7 Å². The molecule has 140 valence electrons. The number of likely N-dealkylation sites (tertiary alicyclic amines) is 1. The summed E-state index contributed by atoms with van der Waals surface area (Å²) < 4.78 is 5.34. The lowest BCUT2D eigenvalue weighted by Gasteiger charge is -2.36. The van der Waals surface area contributed by atoms with Gasteiger partial charge in [-0.3, -0.25) is 9.80 Å². The third-order valence-electron chi connectivity index (χ3n) is 5.05. The maximum Gasteiger partial charge on any atom is 0.338 e. The van der Waals surface area contributed by atoms with E-state index in [1.807, 2.05) is 31.2 Å². The van der Waals surface area contributed by atoms with Crippen LogP contribution in [0.3, 0.4) is 0 Å². The van der Waals surface area contributed by atoms with Crippen LogP contribution in [-0.2, 0) is 9.53 Å². The summed E-state index contributed by atoms with van der Waals surface area (Å²) in [5, 5.41) is 2.96. The predicted molar refractivity (Wildman–Crippen MR) is 99.5 cm³/mol. The van der Waals surface area contributed by atoms with Crippen molar-refractivity contribution in [3.8, 4) is 0 Å². The summed E-state index contributed by atoms with van der Waals surface area (Å²) in [4.78, 5) is 29.2. The third-order valence-corrected chi connectivity index (χ3v) is 5.05. The lowest BCUT2D eigenvalue weighted by atomic mass is 9.94. The molecule has 6 heteroatoms. The van der Waals surface area contributed by atoms with Crippen molar-refractivity contribution in [1.82, 2.24) is 15.1 Å². The average Bonchev–Trinajstić information content (AvgIpc) is 3.13. The smallest absolute Gasteiger partial charge is 0.338 e. The van der Waals surface area contributed by atoms with Crippen molar-refractivity contribution < 1.29 is 14.3 Å². The number of urea groups is 1. The third kappa shape index (κ3) is 3.75. The number of hydrogen-bond acceptors (Lipinski definition) is 4. The summed E-state index contributed by atoms with van der Waals surface area (Å²) in [6, 6.07) is 7.20. The predicted octanol–water partition coefficient (Wildman–Crippen LogP) is 2.60. The Morgan fingerprint density at radius 1 is 1.23 bits per heavy atom. The van der Waals surface area contributed by atoms with E-state index in [4.69, 9.17) is 4.74 Å². The van der Waals surface area contributed by atoms with Crippen molar-refractivity contribution in [3.05, 3.63) is 46.7 Å². The van der Waals surface area contributed by atoms with Crippen LogP contribution >= 0.6 is 0 Å². The number of aryl methyl sites for hydroxylation is 1. The van der Waals surface area contributed by atoms with Crippen LogP contribution in [0.2, 0.25) is 0 Å². The van der Waals surface area contributed by atoms with Gasteiger partial charge in [0.25, 0.3) is 0 Å². The number of benzene rings is 1. The molecule has 2 heterocycles. The van der Waals surface area contributed by atoms with E-state index in [0.29, 0.717) is 18.7 Å². The second kappa shape index (κ2) is 7.91. The number of ether oxygens (including phenoxy) is 1. The molecule has 0 aromatic heterocycles. The van der Waals surface area contributed by atoms with Gasteiger partial charge in [-0.05, 0) is 45.3 Å². The molecule has 2 aliphatic rings. The molecule has 0 radical (unpaired) electrons. The number of carbonyl (C=O) groups excluding carboxylic acids is 2. The Balaban J connectivity index is 2.05. The first kappa shape index (κ1) is 18.5. The first-order valence-corrected chi connectivity index (χ1v) is 9.24. The standard InChI is InChI=1S/C20H27N3O3/c1-4-26-19(24)17-16(13-23-11-5-6-12-23)22(3)20(25)21-18(17)15-9-7-14(2)8-10-15/h7-10,18H,4-6,11-13H2,1-3H3,(H,21,25). The number of nitrogens with one attached hydrogen (secondary N) is 1. The summed E-state index contributed by atoms with van der Waals surface area (Å²) in [5.41, 5.74) is 3.29. The van der Waals surface area contributed by atoms with Crippen molar-refractivity contribution in [2.75, 3.05) is 33.3 Å². The highest BCUT2D eigenvalue weighted by molar-refractivity contribution is 5.95. The fourth-order valence-corrected chi connectivity index (χ4v) is 3.56. The maximum absolute atomic E-state index is 12.8. The molecule has 0 spiro atoms. The zero-order chi connectivity index (χ0) is 18.7. The second-order valence-electron chi connectivity index (χ2n) is 6.92. The normalized spacial score (nSPS) is 21.1. The van der Waals surface area contributed by atoms with E-state index in [1.165, 1.54) is 0 Å². The van der Waals surface area contributed by atoms with Crippen LogP contribution in [0.5, 0.6) is 0 Å². The molecular weight excluding hydrogens is 330 g/mol. The van der Waals surface area contributed by atoms with Crippen LogP contribution in [0.4, 0.5) is 4.79 Å². The second-order valence-corrected chi connectivity index (χ2v) is 6.92. The molecule has 1 aromatic carbocycles. The first-order chi connectivity index (χ1) is 12.5. The van der Waals surface area contributed by atoms with E-state index in [1.54, 1.807) is 18.9 Å². The molecule has 0 saturated carbocycles. The van der Waals surface area contributed by atoms with E-state index in [-0.39, 0.29) is 12.0 Å². The number of nitrogens with zero attached hydrogens (tertiary/aromatic N) is 2. The van der Waals surface area contributed by atoms with Gasteiger partial charge >= 0.3 is 12.0 Å². The lowest BCUT2D eigenvalue weighted by molar-refractivity contribution is -0.139. The van der Waals surface area contributed by atoms with Gasteiger partial charge in [0.1, 0.15) is 0 Å². The van der Waals surface area contributed by atoms with Gasteiger partial charge in [-0.1, -0.05) is 29.8 Å². The Kier molecular flexibility index (Phi) is 5.61. The fourth-order valence-electron chi connectivity index (χ4n) is 3.56. The van der Waals surface area contributed by atoms with Gasteiger partial charge in [0.15, 0.2) is 0 Å². The van der Waals surface area contributed by atoms with Crippen LogP contribution in [0.15, 0.2) is 35.5 Å². The van der Waals surface area contributed by atoms with Crippen molar-refractivity contribution in [1.29, 1.82) is 0 Å². The summed E-state index contributed by atoms with van der Waals surface area (Å²) >= 11 is 0. The average molecular weight is 357 g/mol. The van der Waals surface area contributed by atoms with E-state index in [2.05, 4.69) is 10.2 Å². The summed E-state index contributed by atoms with van der Waals surface area (Å²) in [7, 11) is 1.71. The van der Waals surface area contributed by atoms with Crippen molar-refractivity contribution in [3.63, 3.8) is 0 Å². The number of esters is 1. The van der Waals surface area contributed by atoms with Gasteiger partial charge in [-0.25, -0.2) is 9.59 Å². The van der Waals surface area contributed by atoms with Gasteiger partial charge in [-0.2, -0.15) is 0 Å². The molecule has 2 amide bonds. The molecule has 6 nitrogen and oxygen atoms in total. The highest BCUT2D eigenvalue weighted by atomic mass is 16.5. The highest BCUT2D eigenvalue weighted by Crippen LogP contribution is 2.32. The van der Waals surface area contributed by atoms with E-state index in [9.17, 15) is 9.59 Å². The molecule has 0 aliphatic carbocycles.